The Labute approximate surface area is 121 Å². The molecule has 0 bridgehead atoms. The molecule has 0 radical (unpaired) electrons. The lowest BCUT2D eigenvalue weighted by atomic mass is 10.2. The maximum Gasteiger partial charge on any atom is 0.327 e. The highest BCUT2D eigenvalue weighted by Gasteiger charge is 2.35. The van der Waals surface area contributed by atoms with E-state index < -0.39 is 12.2 Å². The van der Waals surface area contributed by atoms with Gasteiger partial charge in [-0.1, -0.05) is 11.6 Å². The molecule has 1 heterocycles. The number of carbonyl (C=O) groups is 3. The lowest BCUT2D eigenvalue weighted by Crippen LogP contribution is -2.59. The average Bonchev–Trinajstić information content (AvgIpc) is 2.43. The van der Waals surface area contributed by atoms with Crippen LogP contribution in [0.4, 0.5) is 4.79 Å². The molecule has 1 aliphatic heterocycles. The van der Waals surface area contributed by atoms with E-state index in [4.69, 9.17) is 11.6 Å². The third-order valence-corrected chi connectivity index (χ3v) is 3.45. The highest BCUT2D eigenvalue weighted by molar-refractivity contribution is 6.30. The average molecular weight is 296 g/mol. The molecule has 4 amide bonds. The quantitative estimate of drug-likeness (QED) is 0.894. The van der Waals surface area contributed by atoms with Crippen LogP contribution in [0.3, 0.4) is 0 Å². The fraction of sp³-hybridized carbons (Fsp3) is 0.308. The van der Waals surface area contributed by atoms with Crippen LogP contribution in [0.25, 0.3) is 0 Å². The van der Waals surface area contributed by atoms with E-state index in [1.807, 2.05) is 0 Å². The van der Waals surface area contributed by atoms with Gasteiger partial charge >= 0.3 is 6.03 Å². The predicted molar refractivity (Wildman–Crippen MR) is 73.3 cm³/mol. The van der Waals surface area contributed by atoms with E-state index in [1.165, 1.54) is 19.0 Å². The summed E-state index contributed by atoms with van der Waals surface area (Å²) in [6, 6.07) is 5.92. The van der Waals surface area contributed by atoms with Crippen molar-refractivity contribution < 1.29 is 14.4 Å². The molecule has 1 unspecified atom stereocenters. The van der Waals surface area contributed by atoms with Gasteiger partial charge in [0, 0.05) is 24.7 Å². The number of imide groups is 1. The topological polar surface area (TPSA) is 69.7 Å². The van der Waals surface area contributed by atoms with Crippen molar-refractivity contribution in [3.8, 4) is 0 Å². The summed E-state index contributed by atoms with van der Waals surface area (Å²) in [5.41, 5.74) is 0.418. The van der Waals surface area contributed by atoms with Crippen molar-refractivity contribution in [2.75, 3.05) is 14.1 Å². The van der Waals surface area contributed by atoms with E-state index in [2.05, 4.69) is 5.32 Å². The zero-order valence-electron chi connectivity index (χ0n) is 11.1. The minimum atomic E-state index is -0.644. The molecule has 1 N–H and O–H groups in total. The number of rotatable bonds is 2. The van der Waals surface area contributed by atoms with E-state index in [0.29, 0.717) is 10.6 Å². The molecule has 0 spiro atoms. The second-order valence-corrected chi connectivity index (χ2v) is 4.98. The Morgan fingerprint density at radius 2 is 1.85 bits per heavy atom. The summed E-state index contributed by atoms with van der Waals surface area (Å²) in [6.45, 7) is 0. The fourth-order valence-electron chi connectivity index (χ4n) is 1.90. The van der Waals surface area contributed by atoms with E-state index in [9.17, 15) is 14.4 Å². The fourth-order valence-corrected chi connectivity index (χ4v) is 2.03. The summed E-state index contributed by atoms with van der Waals surface area (Å²) in [6.07, 6.45) is -0.590. The number of amides is 4. The Bertz CT molecular complexity index is 558. The van der Waals surface area contributed by atoms with Crippen LogP contribution in [0, 0.1) is 0 Å². The maximum absolute atomic E-state index is 12.0. The van der Waals surface area contributed by atoms with Gasteiger partial charge in [-0.3, -0.25) is 14.5 Å². The Morgan fingerprint density at radius 3 is 2.45 bits per heavy atom. The molecule has 1 aromatic rings. The molecule has 6 nitrogen and oxygen atoms in total. The van der Waals surface area contributed by atoms with Gasteiger partial charge in [-0.05, 0) is 24.3 Å². The molecule has 1 atom stereocenters. The van der Waals surface area contributed by atoms with Crippen molar-refractivity contribution in [2.24, 2.45) is 0 Å². The van der Waals surface area contributed by atoms with Crippen molar-refractivity contribution in [1.29, 1.82) is 0 Å². The van der Waals surface area contributed by atoms with Crippen LogP contribution in [0.1, 0.15) is 16.8 Å². The van der Waals surface area contributed by atoms with Gasteiger partial charge in [-0.15, -0.1) is 0 Å². The van der Waals surface area contributed by atoms with E-state index in [-0.39, 0.29) is 18.2 Å². The minimum Gasteiger partial charge on any atom is -0.331 e. The van der Waals surface area contributed by atoms with Gasteiger partial charge in [-0.25, -0.2) is 4.79 Å². The SMILES string of the molecule is CN1C(=O)CC(NC(=O)c2ccc(Cl)cc2)N(C)C1=O. The second kappa shape index (κ2) is 5.50. The molecule has 20 heavy (non-hydrogen) atoms. The van der Waals surface area contributed by atoms with Crippen molar-refractivity contribution >= 4 is 29.4 Å². The molecule has 1 fully saturated rings. The smallest absolute Gasteiger partial charge is 0.327 e. The Morgan fingerprint density at radius 1 is 1.25 bits per heavy atom. The summed E-state index contributed by atoms with van der Waals surface area (Å²) >= 11 is 5.75. The highest BCUT2D eigenvalue weighted by atomic mass is 35.5. The molecule has 2 rings (SSSR count). The maximum atomic E-state index is 12.0. The number of nitrogens with zero attached hydrogens (tertiary/aromatic N) is 2. The highest BCUT2D eigenvalue weighted by Crippen LogP contribution is 2.14. The molecule has 106 valence electrons. The standard InChI is InChI=1S/C13H14ClN3O3/c1-16-10(7-11(18)17(2)13(16)20)15-12(19)8-3-5-9(14)6-4-8/h3-6,10H,7H2,1-2H3,(H,15,19). The minimum absolute atomic E-state index is 0.0536. The van der Waals surface area contributed by atoms with Crippen LogP contribution >= 0.6 is 11.6 Å². The molecule has 1 aliphatic rings. The normalized spacial score (nSPS) is 19.2. The molecule has 0 saturated carbocycles. The molecule has 1 saturated heterocycles. The molecular formula is C13H14ClN3O3. The molecule has 0 aliphatic carbocycles. The van der Waals surface area contributed by atoms with Gasteiger partial charge in [0.1, 0.15) is 6.17 Å². The van der Waals surface area contributed by atoms with Crippen molar-refractivity contribution in [3.05, 3.63) is 34.9 Å². The van der Waals surface area contributed by atoms with Gasteiger partial charge < -0.3 is 10.2 Å². The summed E-state index contributed by atoms with van der Waals surface area (Å²) < 4.78 is 0. The monoisotopic (exact) mass is 295 g/mol. The van der Waals surface area contributed by atoms with Crippen molar-refractivity contribution in [2.45, 2.75) is 12.6 Å². The number of carbonyl (C=O) groups excluding carboxylic acids is 3. The van der Waals surface area contributed by atoms with Gasteiger partial charge in [0.25, 0.3) is 5.91 Å². The van der Waals surface area contributed by atoms with Crippen LogP contribution in [-0.4, -0.2) is 47.9 Å². The predicted octanol–water partition coefficient (Wildman–Crippen LogP) is 1.31. The van der Waals surface area contributed by atoms with E-state index in [1.54, 1.807) is 24.3 Å². The summed E-state index contributed by atoms with van der Waals surface area (Å²) in [7, 11) is 2.95. The van der Waals surface area contributed by atoms with Crippen molar-refractivity contribution in [3.63, 3.8) is 0 Å². The van der Waals surface area contributed by atoms with Crippen LogP contribution in [-0.2, 0) is 4.79 Å². The van der Waals surface area contributed by atoms with E-state index >= 15 is 0 Å². The summed E-state index contributed by atoms with van der Waals surface area (Å²) in [4.78, 5) is 37.8. The van der Waals surface area contributed by atoms with Gasteiger partial charge in [0.05, 0.1) is 6.42 Å². The third-order valence-electron chi connectivity index (χ3n) is 3.20. The van der Waals surface area contributed by atoms with Gasteiger partial charge in [0.2, 0.25) is 5.91 Å². The Kier molecular flexibility index (Phi) is 3.94. The Hall–Kier alpha value is -2.08. The number of nitrogens with one attached hydrogen (secondary N) is 1. The van der Waals surface area contributed by atoms with Gasteiger partial charge in [0.15, 0.2) is 0 Å². The van der Waals surface area contributed by atoms with Crippen LogP contribution < -0.4 is 5.32 Å². The molecular weight excluding hydrogens is 282 g/mol. The largest absolute Gasteiger partial charge is 0.331 e. The van der Waals surface area contributed by atoms with Crippen LogP contribution in [0.15, 0.2) is 24.3 Å². The summed E-state index contributed by atoms with van der Waals surface area (Å²) in [5, 5.41) is 3.19. The lowest BCUT2D eigenvalue weighted by Gasteiger charge is -2.36. The molecule has 7 heteroatoms. The summed E-state index contributed by atoms with van der Waals surface area (Å²) in [5.74, 6) is -0.682. The van der Waals surface area contributed by atoms with Crippen LogP contribution in [0.2, 0.25) is 5.02 Å². The number of benzene rings is 1. The second-order valence-electron chi connectivity index (χ2n) is 4.55. The first-order valence-corrected chi connectivity index (χ1v) is 6.37. The van der Waals surface area contributed by atoms with Crippen LogP contribution in [0.5, 0.6) is 0 Å². The number of halogens is 1. The first-order valence-electron chi connectivity index (χ1n) is 6.00. The van der Waals surface area contributed by atoms with Gasteiger partial charge in [-0.2, -0.15) is 0 Å². The number of hydrogen-bond donors (Lipinski definition) is 1. The lowest BCUT2D eigenvalue weighted by molar-refractivity contribution is -0.131. The Balaban J connectivity index is 2.09. The third kappa shape index (κ3) is 2.75. The van der Waals surface area contributed by atoms with Crippen molar-refractivity contribution in [1.82, 2.24) is 15.1 Å². The molecule has 0 aromatic heterocycles. The first kappa shape index (κ1) is 14.3. The zero-order chi connectivity index (χ0) is 14.9. The molecule has 1 aromatic carbocycles. The number of hydrogen-bond acceptors (Lipinski definition) is 3. The zero-order valence-corrected chi connectivity index (χ0v) is 11.8. The van der Waals surface area contributed by atoms with E-state index in [0.717, 1.165) is 4.90 Å². The number of urea groups is 1. The first-order chi connectivity index (χ1) is 9.40.